The summed E-state index contributed by atoms with van der Waals surface area (Å²) in [6.45, 7) is 4.01. The quantitative estimate of drug-likeness (QED) is 0.854. The van der Waals surface area contributed by atoms with Crippen LogP contribution in [0.3, 0.4) is 0 Å². The number of aromatic nitrogens is 2. The van der Waals surface area contributed by atoms with Crippen molar-refractivity contribution in [2.45, 2.75) is 38.5 Å². The molecule has 2 heterocycles. The summed E-state index contributed by atoms with van der Waals surface area (Å²) in [6.07, 6.45) is 3.25. The zero-order valence-corrected chi connectivity index (χ0v) is 14.8. The van der Waals surface area contributed by atoms with Crippen LogP contribution in [0.15, 0.2) is 10.6 Å². The number of carbonyl (C=O) groups is 1. The van der Waals surface area contributed by atoms with Crippen LogP contribution in [0.2, 0.25) is 0 Å². The van der Waals surface area contributed by atoms with Crippen molar-refractivity contribution in [3.05, 3.63) is 23.0 Å². The monoisotopic (exact) mass is 351 g/mol. The van der Waals surface area contributed by atoms with Crippen molar-refractivity contribution in [1.82, 2.24) is 15.5 Å². The summed E-state index contributed by atoms with van der Waals surface area (Å²) in [5, 5.41) is 7.36. The lowest BCUT2D eigenvalue weighted by atomic mass is 10.0. The van der Waals surface area contributed by atoms with E-state index < -0.39 is 9.84 Å². The largest absolute Gasteiger partial charge is 0.351 e. The first-order valence-electron chi connectivity index (χ1n) is 8.02. The predicted molar refractivity (Wildman–Crippen MR) is 89.9 cm³/mol. The van der Waals surface area contributed by atoms with Crippen molar-refractivity contribution in [3.8, 4) is 0 Å². The molecule has 2 aromatic rings. The highest BCUT2D eigenvalue weighted by atomic mass is 32.2. The molecule has 0 aromatic carbocycles. The van der Waals surface area contributed by atoms with Gasteiger partial charge in [0.2, 0.25) is 0 Å². The average molecular weight is 351 g/mol. The van der Waals surface area contributed by atoms with Gasteiger partial charge in [-0.1, -0.05) is 19.0 Å². The Balaban J connectivity index is 1.97. The molecule has 0 bridgehead atoms. The number of amides is 1. The van der Waals surface area contributed by atoms with E-state index in [1.165, 1.54) is 0 Å². The zero-order chi connectivity index (χ0) is 17.5. The van der Waals surface area contributed by atoms with E-state index in [0.717, 1.165) is 24.8 Å². The third kappa shape index (κ3) is 3.58. The van der Waals surface area contributed by atoms with Gasteiger partial charge in [0.15, 0.2) is 0 Å². The standard InChI is InChI=1S/C16H21N3O4S/c1-9(2)14-13-11(15(20)17-6-7-24(3,21)22)8-12(10-4-5-10)18-16(13)23-19-14/h8-10H,4-7H2,1-3H3,(H,17,20). The summed E-state index contributed by atoms with van der Waals surface area (Å²) in [4.78, 5) is 17.1. The number of hydrogen-bond acceptors (Lipinski definition) is 6. The van der Waals surface area contributed by atoms with Crippen LogP contribution in [0.5, 0.6) is 0 Å². The summed E-state index contributed by atoms with van der Waals surface area (Å²) in [5.74, 6) is 0.0355. The molecule has 7 nitrogen and oxygen atoms in total. The summed E-state index contributed by atoms with van der Waals surface area (Å²) < 4.78 is 27.8. The lowest BCUT2D eigenvalue weighted by Gasteiger charge is -2.09. The van der Waals surface area contributed by atoms with E-state index in [-0.39, 0.29) is 24.1 Å². The fourth-order valence-electron chi connectivity index (χ4n) is 2.60. The molecule has 1 N–H and O–H groups in total. The number of rotatable bonds is 6. The molecule has 0 radical (unpaired) electrons. The summed E-state index contributed by atoms with van der Waals surface area (Å²) >= 11 is 0. The first-order valence-corrected chi connectivity index (χ1v) is 10.1. The molecule has 2 aromatic heterocycles. The third-order valence-electron chi connectivity index (χ3n) is 4.04. The Morgan fingerprint density at radius 1 is 1.42 bits per heavy atom. The third-order valence-corrected chi connectivity index (χ3v) is 4.98. The number of hydrogen-bond donors (Lipinski definition) is 1. The maximum Gasteiger partial charge on any atom is 0.259 e. The first kappa shape index (κ1) is 16.9. The topological polar surface area (TPSA) is 102 Å². The summed E-state index contributed by atoms with van der Waals surface area (Å²) in [7, 11) is -3.12. The molecule has 130 valence electrons. The van der Waals surface area contributed by atoms with Crippen molar-refractivity contribution in [2.24, 2.45) is 0 Å². The molecule has 1 amide bonds. The molecule has 3 rings (SSSR count). The van der Waals surface area contributed by atoms with Crippen LogP contribution >= 0.6 is 0 Å². The molecule has 0 unspecified atom stereocenters. The van der Waals surface area contributed by atoms with E-state index in [2.05, 4.69) is 15.5 Å². The number of carbonyl (C=O) groups excluding carboxylic acids is 1. The van der Waals surface area contributed by atoms with Gasteiger partial charge in [-0.05, 0) is 24.8 Å². The minimum absolute atomic E-state index is 0.0720. The summed E-state index contributed by atoms with van der Waals surface area (Å²) in [5.41, 5.74) is 2.35. The van der Waals surface area contributed by atoms with E-state index in [9.17, 15) is 13.2 Å². The maximum absolute atomic E-state index is 12.6. The molecule has 0 atom stereocenters. The second kappa shape index (κ2) is 6.16. The van der Waals surface area contributed by atoms with E-state index >= 15 is 0 Å². The number of pyridine rings is 1. The molecule has 1 fully saturated rings. The van der Waals surface area contributed by atoms with Crippen LogP contribution in [0.4, 0.5) is 0 Å². The molecule has 0 aliphatic heterocycles. The highest BCUT2D eigenvalue weighted by Crippen LogP contribution is 2.41. The van der Waals surface area contributed by atoms with Gasteiger partial charge < -0.3 is 9.84 Å². The van der Waals surface area contributed by atoms with Crippen molar-refractivity contribution < 1.29 is 17.7 Å². The highest BCUT2D eigenvalue weighted by Gasteiger charge is 2.29. The Labute approximate surface area is 140 Å². The van der Waals surface area contributed by atoms with Gasteiger partial charge in [-0.3, -0.25) is 4.79 Å². The second-order valence-electron chi connectivity index (χ2n) is 6.66. The molecule has 0 spiro atoms. The average Bonchev–Trinajstić information content (AvgIpc) is 3.23. The number of fused-ring (bicyclic) bond motifs is 1. The lowest BCUT2D eigenvalue weighted by molar-refractivity contribution is 0.0957. The Kier molecular flexibility index (Phi) is 4.33. The molecule has 1 aliphatic carbocycles. The smallest absolute Gasteiger partial charge is 0.259 e. The Morgan fingerprint density at radius 3 is 2.71 bits per heavy atom. The molecule has 8 heteroatoms. The van der Waals surface area contributed by atoms with Gasteiger partial charge in [0, 0.05) is 24.4 Å². The molecule has 24 heavy (non-hydrogen) atoms. The van der Waals surface area contributed by atoms with Gasteiger partial charge >= 0.3 is 0 Å². The van der Waals surface area contributed by atoms with Gasteiger partial charge in [0.1, 0.15) is 9.84 Å². The van der Waals surface area contributed by atoms with E-state index in [1.807, 2.05) is 13.8 Å². The highest BCUT2D eigenvalue weighted by molar-refractivity contribution is 7.90. The lowest BCUT2D eigenvalue weighted by Crippen LogP contribution is -2.29. The van der Waals surface area contributed by atoms with Crippen molar-refractivity contribution in [3.63, 3.8) is 0 Å². The fraction of sp³-hybridized carbons (Fsp3) is 0.562. The zero-order valence-electron chi connectivity index (χ0n) is 14.0. The van der Waals surface area contributed by atoms with Gasteiger partial charge in [-0.15, -0.1) is 0 Å². The number of sulfone groups is 1. The van der Waals surface area contributed by atoms with Gasteiger partial charge in [-0.2, -0.15) is 0 Å². The van der Waals surface area contributed by atoms with E-state index in [4.69, 9.17) is 4.52 Å². The fourth-order valence-corrected chi connectivity index (χ4v) is 3.07. The summed E-state index contributed by atoms with van der Waals surface area (Å²) in [6, 6.07) is 1.79. The maximum atomic E-state index is 12.6. The van der Waals surface area contributed by atoms with Gasteiger partial charge in [0.05, 0.1) is 22.4 Å². The number of nitrogens with zero attached hydrogens (tertiary/aromatic N) is 2. The Hall–Kier alpha value is -1.96. The van der Waals surface area contributed by atoms with Gasteiger partial charge in [-0.25, -0.2) is 13.4 Å². The minimum atomic E-state index is -3.12. The van der Waals surface area contributed by atoms with Crippen LogP contribution < -0.4 is 5.32 Å². The van der Waals surface area contributed by atoms with Crippen molar-refractivity contribution in [2.75, 3.05) is 18.6 Å². The normalized spacial score (nSPS) is 15.2. The van der Waals surface area contributed by atoms with Crippen LogP contribution in [0, 0.1) is 0 Å². The van der Waals surface area contributed by atoms with Crippen molar-refractivity contribution >= 4 is 26.8 Å². The first-order chi connectivity index (χ1) is 11.3. The Bertz CT molecular complexity index is 882. The second-order valence-corrected chi connectivity index (χ2v) is 8.92. The molecule has 1 saturated carbocycles. The SMILES string of the molecule is CC(C)c1noc2nc(C3CC3)cc(C(=O)NCCS(C)(=O)=O)c12. The van der Waals surface area contributed by atoms with E-state index in [0.29, 0.717) is 28.3 Å². The predicted octanol–water partition coefficient (Wildman–Crippen LogP) is 2.00. The van der Waals surface area contributed by atoms with Crippen LogP contribution in [-0.2, 0) is 9.84 Å². The minimum Gasteiger partial charge on any atom is -0.351 e. The molecular weight excluding hydrogens is 330 g/mol. The van der Waals surface area contributed by atoms with Crippen LogP contribution in [-0.4, -0.2) is 43.0 Å². The van der Waals surface area contributed by atoms with Gasteiger partial charge in [0.25, 0.3) is 11.6 Å². The van der Waals surface area contributed by atoms with Crippen molar-refractivity contribution in [1.29, 1.82) is 0 Å². The van der Waals surface area contributed by atoms with E-state index in [1.54, 1.807) is 6.07 Å². The van der Waals surface area contributed by atoms with Crippen LogP contribution in [0.1, 0.15) is 60.3 Å². The molecule has 1 aliphatic rings. The molecule has 0 saturated heterocycles. The number of nitrogens with one attached hydrogen (secondary N) is 1. The van der Waals surface area contributed by atoms with Crippen LogP contribution in [0.25, 0.3) is 11.1 Å². The molecular formula is C16H21N3O4S. The Morgan fingerprint density at radius 2 is 2.12 bits per heavy atom.